The molecule has 3 aromatic carbocycles. The highest BCUT2D eigenvalue weighted by molar-refractivity contribution is 5.71. The van der Waals surface area contributed by atoms with Gasteiger partial charge in [0.25, 0.3) is 0 Å². The SMILES string of the molecule is CCCCCCc1ccc(-c2cc(C)c(-n3c(-c4ccc(F)c(C(F)(F)F)c4)nc(C)c3C)c(C)c2)cc1. The van der Waals surface area contributed by atoms with E-state index in [1.165, 1.54) is 37.3 Å². The van der Waals surface area contributed by atoms with Crippen LogP contribution in [0.3, 0.4) is 0 Å². The Labute approximate surface area is 222 Å². The van der Waals surface area contributed by atoms with E-state index in [1.807, 2.05) is 32.3 Å². The molecule has 38 heavy (non-hydrogen) atoms. The van der Waals surface area contributed by atoms with Crippen LogP contribution in [0.25, 0.3) is 28.2 Å². The maximum atomic E-state index is 14.0. The fourth-order valence-electron chi connectivity index (χ4n) is 5.05. The number of alkyl halides is 3. The number of rotatable bonds is 8. The molecule has 0 spiro atoms. The van der Waals surface area contributed by atoms with Gasteiger partial charge in [0, 0.05) is 11.3 Å². The summed E-state index contributed by atoms with van der Waals surface area (Å²) in [5.41, 5.74) is 6.80. The summed E-state index contributed by atoms with van der Waals surface area (Å²) in [6, 6.07) is 15.9. The molecule has 0 fully saturated rings. The molecule has 2 nitrogen and oxygen atoms in total. The van der Waals surface area contributed by atoms with Crippen molar-refractivity contribution in [1.82, 2.24) is 9.55 Å². The van der Waals surface area contributed by atoms with Gasteiger partial charge in [0.1, 0.15) is 11.6 Å². The lowest BCUT2D eigenvalue weighted by Gasteiger charge is -2.18. The first-order chi connectivity index (χ1) is 18.0. The molecule has 0 saturated carbocycles. The molecular formula is C32H34F4N2. The molecule has 1 heterocycles. The van der Waals surface area contributed by atoms with Crippen LogP contribution >= 0.6 is 0 Å². The number of benzene rings is 3. The molecule has 1 aromatic heterocycles. The van der Waals surface area contributed by atoms with Crippen molar-refractivity contribution in [3.05, 3.63) is 94.1 Å². The lowest BCUT2D eigenvalue weighted by molar-refractivity contribution is -0.139. The number of halogens is 4. The zero-order valence-electron chi connectivity index (χ0n) is 22.6. The van der Waals surface area contributed by atoms with Gasteiger partial charge in [-0.25, -0.2) is 9.37 Å². The summed E-state index contributed by atoms with van der Waals surface area (Å²) in [5.74, 6) is -0.937. The number of aryl methyl sites for hydroxylation is 4. The summed E-state index contributed by atoms with van der Waals surface area (Å²) in [6.45, 7) is 9.93. The van der Waals surface area contributed by atoms with E-state index in [0.29, 0.717) is 11.5 Å². The van der Waals surface area contributed by atoms with Crippen molar-refractivity contribution in [2.75, 3.05) is 0 Å². The average Bonchev–Trinajstić information content (AvgIpc) is 3.15. The van der Waals surface area contributed by atoms with Crippen molar-refractivity contribution >= 4 is 0 Å². The summed E-state index contributed by atoms with van der Waals surface area (Å²) in [4.78, 5) is 4.59. The number of unbranched alkanes of at least 4 members (excludes halogenated alkanes) is 3. The van der Waals surface area contributed by atoms with Crippen molar-refractivity contribution in [3.63, 3.8) is 0 Å². The predicted molar refractivity (Wildman–Crippen MR) is 146 cm³/mol. The van der Waals surface area contributed by atoms with Crippen molar-refractivity contribution in [3.8, 4) is 28.2 Å². The molecule has 0 N–H and O–H groups in total. The van der Waals surface area contributed by atoms with E-state index in [4.69, 9.17) is 0 Å². The maximum Gasteiger partial charge on any atom is 0.419 e. The Balaban J connectivity index is 1.72. The minimum absolute atomic E-state index is 0.215. The van der Waals surface area contributed by atoms with Gasteiger partial charge in [-0.1, -0.05) is 50.5 Å². The van der Waals surface area contributed by atoms with Crippen LogP contribution in [0.5, 0.6) is 0 Å². The molecule has 0 amide bonds. The van der Waals surface area contributed by atoms with Crippen LogP contribution in [0.2, 0.25) is 0 Å². The smallest absolute Gasteiger partial charge is 0.296 e. The molecule has 6 heteroatoms. The Kier molecular flexibility index (Phi) is 8.10. The normalized spacial score (nSPS) is 11.8. The van der Waals surface area contributed by atoms with Gasteiger partial charge in [0.05, 0.1) is 16.9 Å². The molecule has 0 radical (unpaired) electrons. The number of nitrogens with zero attached hydrogens (tertiary/aromatic N) is 2. The van der Waals surface area contributed by atoms with E-state index in [1.54, 1.807) is 0 Å². The summed E-state index contributed by atoms with van der Waals surface area (Å²) < 4.78 is 56.2. The van der Waals surface area contributed by atoms with Crippen molar-refractivity contribution in [2.45, 2.75) is 72.9 Å². The number of hydrogen-bond acceptors (Lipinski definition) is 1. The first kappa shape index (κ1) is 27.6. The van der Waals surface area contributed by atoms with Gasteiger partial charge in [0.15, 0.2) is 0 Å². The molecule has 0 atom stereocenters. The fourth-order valence-corrected chi connectivity index (χ4v) is 5.05. The van der Waals surface area contributed by atoms with Crippen LogP contribution in [0.15, 0.2) is 54.6 Å². The number of imidazole rings is 1. The van der Waals surface area contributed by atoms with E-state index in [2.05, 4.69) is 48.3 Å². The van der Waals surface area contributed by atoms with Gasteiger partial charge in [-0.2, -0.15) is 13.2 Å². The van der Waals surface area contributed by atoms with Gasteiger partial charge < -0.3 is 0 Å². The molecule has 0 unspecified atom stereocenters. The molecule has 0 aliphatic heterocycles. The number of aromatic nitrogens is 2. The van der Waals surface area contributed by atoms with E-state index in [-0.39, 0.29) is 5.56 Å². The monoisotopic (exact) mass is 522 g/mol. The summed E-state index contributed by atoms with van der Waals surface area (Å²) in [5, 5.41) is 0. The highest BCUT2D eigenvalue weighted by Crippen LogP contribution is 2.37. The van der Waals surface area contributed by atoms with Gasteiger partial charge in [-0.15, -0.1) is 0 Å². The molecule has 0 aliphatic carbocycles. The zero-order chi connectivity index (χ0) is 27.6. The topological polar surface area (TPSA) is 17.8 Å². The highest BCUT2D eigenvalue weighted by Gasteiger charge is 2.34. The van der Waals surface area contributed by atoms with Crippen LogP contribution in [0.4, 0.5) is 17.6 Å². The van der Waals surface area contributed by atoms with E-state index < -0.39 is 17.6 Å². The summed E-state index contributed by atoms with van der Waals surface area (Å²) >= 11 is 0. The van der Waals surface area contributed by atoms with Crippen molar-refractivity contribution < 1.29 is 17.6 Å². The molecule has 4 rings (SSSR count). The Morgan fingerprint density at radius 3 is 2.00 bits per heavy atom. The summed E-state index contributed by atoms with van der Waals surface area (Å²) in [7, 11) is 0. The Morgan fingerprint density at radius 2 is 1.39 bits per heavy atom. The van der Waals surface area contributed by atoms with Gasteiger partial charge in [-0.05, 0) is 98.7 Å². The summed E-state index contributed by atoms with van der Waals surface area (Å²) in [6.07, 6.45) is 1.24. The second kappa shape index (κ2) is 11.1. The van der Waals surface area contributed by atoms with E-state index in [9.17, 15) is 17.6 Å². The van der Waals surface area contributed by atoms with Crippen LogP contribution in [-0.4, -0.2) is 9.55 Å². The van der Waals surface area contributed by atoms with E-state index >= 15 is 0 Å². The maximum absolute atomic E-state index is 14.0. The first-order valence-electron chi connectivity index (χ1n) is 13.1. The second-order valence-corrected chi connectivity index (χ2v) is 10.1. The Morgan fingerprint density at radius 1 is 0.763 bits per heavy atom. The number of hydrogen-bond donors (Lipinski definition) is 0. The minimum Gasteiger partial charge on any atom is -0.296 e. The lowest BCUT2D eigenvalue weighted by Crippen LogP contribution is -2.09. The Bertz CT molecular complexity index is 1410. The molecule has 4 aromatic rings. The van der Waals surface area contributed by atoms with Gasteiger partial charge in [-0.3, -0.25) is 4.57 Å². The van der Waals surface area contributed by atoms with Crippen LogP contribution in [0, 0.1) is 33.5 Å². The first-order valence-corrected chi connectivity index (χ1v) is 13.1. The fraction of sp³-hybridized carbons (Fsp3) is 0.344. The standard InChI is InChI=1S/C32H34F4N2/c1-6-7-8-9-10-24-11-13-25(14-12-24)27-17-20(2)30(21(3)18-27)38-23(5)22(4)37-31(38)26-15-16-29(33)28(19-26)32(34,35)36/h11-19H,6-10H2,1-5H3. The molecule has 0 saturated heterocycles. The largest absolute Gasteiger partial charge is 0.419 e. The molecular weight excluding hydrogens is 488 g/mol. The molecule has 0 bridgehead atoms. The van der Waals surface area contributed by atoms with Crippen LogP contribution < -0.4 is 0 Å². The Hall–Kier alpha value is -3.41. The zero-order valence-corrected chi connectivity index (χ0v) is 22.6. The van der Waals surface area contributed by atoms with Crippen molar-refractivity contribution in [2.24, 2.45) is 0 Å². The molecule has 200 valence electrons. The third-order valence-electron chi connectivity index (χ3n) is 7.20. The molecule has 0 aliphatic rings. The third kappa shape index (κ3) is 5.69. The minimum atomic E-state index is -4.79. The van der Waals surface area contributed by atoms with Crippen LogP contribution in [-0.2, 0) is 12.6 Å². The van der Waals surface area contributed by atoms with Gasteiger partial charge in [0.2, 0.25) is 0 Å². The van der Waals surface area contributed by atoms with Crippen molar-refractivity contribution in [1.29, 1.82) is 0 Å². The highest BCUT2D eigenvalue weighted by atomic mass is 19.4. The lowest BCUT2D eigenvalue weighted by atomic mass is 9.96. The van der Waals surface area contributed by atoms with Gasteiger partial charge >= 0.3 is 6.18 Å². The third-order valence-corrected chi connectivity index (χ3v) is 7.20. The second-order valence-electron chi connectivity index (χ2n) is 10.1. The average molecular weight is 523 g/mol. The van der Waals surface area contributed by atoms with Crippen LogP contribution in [0.1, 0.15) is 66.2 Å². The van der Waals surface area contributed by atoms with E-state index in [0.717, 1.165) is 52.2 Å². The quantitative estimate of drug-likeness (QED) is 0.166. The predicted octanol–water partition coefficient (Wildman–Crippen LogP) is 9.72.